The predicted octanol–water partition coefficient (Wildman–Crippen LogP) is 2.31. The number of ether oxygens (including phenoxy) is 1. The average molecular weight is 396 g/mol. The molecule has 1 heterocycles. The zero-order valence-corrected chi connectivity index (χ0v) is 17.4. The first-order valence-electron chi connectivity index (χ1n) is 9.96. The van der Waals surface area contributed by atoms with E-state index in [1.165, 1.54) is 5.56 Å². The molecule has 0 spiro atoms. The van der Waals surface area contributed by atoms with E-state index < -0.39 is 6.04 Å². The van der Waals surface area contributed by atoms with Gasteiger partial charge in [0.15, 0.2) is 6.61 Å². The summed E-state index contributed by atoms with van der Waals surface area (Å²) in [6, 6.07) is 14.4. The molecule has 0 aromatic heterocycles. The molecule has 0 unspecified atom stereocenters. The highest BCUT2D eigenvalue weighted by atomic mass is 16.5. The molecule has 6 heteroatoms. The lowest BCUT2D eigenvalue weighted by Gasteiger charge is -2.34. The third kappa shape index (κ3) is 5.57. The number of aryl methyl sites for hydroxylation is 2. The van der Waals surface area contributed by atoms with Crippen molar-refractivity contribution in [2.45, 2.75) is 19.9 Å². The number of carbonyl (C=O) groups excluding carboxylic acids is 2. The lowest BCUT2D eigenvalue weighted by atomic mass is 10.0. The quantitative estimate of drug-likeness (QED) is 0.815. The maximum atomic E-state index is 13.1. The molecule has 2 aromatic rings. The number of hydrogen-bond acceptors (Lipinski definition) is 4. The van der Waals surface area contributed by atoms with E-state index in [2.05, 4.69) is 10.2 Å². The fourth-order valence-electron chi connectivity index (χ4n) is 3.30. The van der Waals surface area contributed by atoms with Crippen molar-refractivity contribution in [2.24, 2.45) is 0 Å². The van der Waals surface area contributed by atoms with Gasteiger partial charge in [-0.05, 0) is 49.7 Å². The van der Waals surface area contributed by atoms with E-state index in [-0.39, 0.29) is 18.4 Å². The SMILES string of the molecule is Cc1ccc(OCC(=O)N[C@H](C(=O)N2CCN(C)CC2)c2ccccc2)cc1C. The highest BCUT2D eigenvalue weighted by molar-refractivity contribution is 5.89. The summed E-state index contributed by atoms with van der Waals surface area (Å²) in [4.78, 5) is 29.7. The van der Waals surface area contributed by atoms with Gasteiger partial charge in [0, 0.05) is 26.2 Å². The smallest absolute Gasteiger partial charge is 0.258 e. The molecule has 1 aliphatic heterocycles. The van der Waals surface area contributed by atoms with E-state index in [1.807, 2.05) is 74.3 Å². The number of nitrogens with one attached hydrogen (secondary N) is 1. The monoisotopic (exact) mass is 395 g/mol. The lowest BCUT2D eigenvalue weighted by Crippen LogP contribution is -2.51. The van der Waals surface area contributed by atoms with Gasteiger partial charge in [0.2, 0.25) is 5.91 Å². The van der Waals surface area contributed by atoms with E-state index in [0.29, 0.717) is 18.8 Å². The predicted molar refractivity (Wildman–Crippen MR) is 113 cm³/mol. The average Bonchev–Trinajstić information content (AvgIpc) is 2.73. The van der Waals surface area contributed by atoms with Crippen LogP contribution in [0.4, 0.5) is 0 Å². The van der Waals surface area contributed by atoms with Crippen LogP contribution in [0.1, 0.15) is 22.7 Å². The maximum absolute atomic E-state index is 13.1. The Balaban J connectivity index is 1.67. The molecule has 0 radical (unpaired) electrons. The fourth-order valence-corrected chi connectivity index (χ4v) is 3.30. The van der Waals surface area contributed by atoms with Crippen LogP contribution in [0.25, 0.3) is 0 Å². The number of hydrogen-bond donors (Lipinski definition) is 1. The van der Waals surface area contributed by atoms with Gasteiger partial charge in [0.25, 0.3) is 5.91 Å². The highest BCUT2D eigenvalue weighted by Crippen LogP contribution is 2.18. The van der Waals surface area contributed by atoms with E-state index in [9.17, 15) is 9.59 Å². The molecule has 29 heavy (non-hydrogen) atoms. The summed E-state index contributed by atoms with van der Waals surface area (Å²) in [5, 5.41) is 2.87. The fraction of sp³-hybridized carbons (Fsp3) is 0.391. The van der Waals surface area contributed by atoms with Gasteiger partial charge in [-0.2, -0.15) is 0 Å². The molecule has 1 aliphatic rings. The molecule has 0 saturated carbocycles. The minimum Gasteiger partial charge on any atom is -0.484 e. The van der Waals surface area contributed by atoms with Gasteiger partial charge in [-0.1, -0.05) is 36.4 Å². The Labute approximate surface area is 172 Å². The molecule has 1 saturated heterocycles. The van der Waals surface area contributed by atoms with Crippen molar-refractivity contribution in [3.8, 4) is 5.75 Å². The number of rotatable bonds is 6. The normalized spacial score (nSPS) is 15.6. The molecule has 154 valence electrons. The van der Waals surface area contributed by atoms with Crippen LogP contribution in [0.5, 0.6) is 5.75 Å². The van der Waals surface area contributed by atoms with Crippen LogP contribution in [-0.2, 0) is 9.59 Å². The number of nitrogens with zero attached hydrogens (tertiary/aromatic N) is 2. The number of carbonyl (C=O) groups is 2. The van der Waals surface area contributed by atoms with Crippen LogP contribution in [0.15, 0.2) is 48.5 Å². The summed E-state index contributed by atoms with van der Waals surface area (Å²) < 4.78 is 5.64. The number of likely N-dealkylation sites (N-methyl/N-ethyl adjacent to an activating group) is 1. The third-order valence-electron chi connectivity index (χ3n) is 5.35. The van der Waals surface area contributed by atoms with Crippen molar-refractivity contribution in [1.29, 1.82) is 0 Å². The molecule has 1 N–H and O–H groups in total. The Hall–Kier alpha value is -2.86. The molecule has 2 aromatic carbocycles. The molecular weight excluding hydrogens is 366 g/mol. The molecule has 6 nitrogen and oxygen atoms in total. The van der Waals surface area contributed by atoms with Crippen LogP contribution in [0.2, 0.25) is 0 Å². The molecule has 0 aliphatic carbocycles. The van der Waals surface area contributed by atoms with Gasteiger partial charge in [-0.15, -0.1) is 0 Å². The van der Waals surface area contributed by atoms with Crippen molar-refractivity contribution in [2.75, 3.05) is 39.8 Å². The summed E-state index contributed by atoms with van der Waals surface area (Å²) >= 11 is 0. The molecule has 0 bridgehead atoms. The van der Waals surface area contributed by atoms with E-state index in [4.69, 9.17) is 4.74 Å². The van der Waals surface area contributed by atoms with Gasteiger partial charge < -0.3 is 19.9 Å². The van der Waals surface area contributed by atoms with Crippen molar-refractivity contribution >= 4 is 11.8 Å². The highest BCUT2D eigenvalue weighted by Gasteiger charge is 2.29. The zero-order valence-electron chi connectivity index (χ0n) is 17.4. The Morgan fingerprint density at radius 3 is 2.34 bits per heavy atom. The minimum atomic E-state index is -0.713. The number of piperazine rings is 1. The van der Waals surface area contributed by atoms with Crippen LogP contribution < -0.4 is 10.1 Å². The number of benzene rings is 2. The summed E-state index contributed by atoms with van der Waals surface area (Å²) in [6.45, 7) is 6.88. The number of amides is 2. The molecule has 1 atom stereocenters. The molecule has 3 rings (SSSR count). The van der Waals surface area contributed by atoms with Crippen LogP contribution >= 0.6 is 0 Å². The van der Waals surface area contributed by atoms with E-state index in [0.717, 1.165) is 24.2 Å². The standard InChI is InChI=1S/C23H29N3O3/c1-17-9-10-20(15-18(17)2)29-16-21(27)24-22(19-7-5-4-6-8-19)23(28)26-13-11-25(3)12-14-26/h4-10,15,22H,11-14,16H2,1-3H3,(H,24,27)/t22-/m0/s1. The van der Waals surface area contributed by atoms with Gasteiger partial charge in [0.05, 0.1) is 0 Å². The molecular formula is C23H29N3O3. The summed E-state index contributed by atoms with van der Waals surface area (Å²) in [5.74, 6) is 0.244. The topological polar surface area (TPSA) is 61.9 Å². The maximum Gasteiger partial charge on any atom is 0.258 e. The first-order chi connectivity index (χ1) is 13.9. The lowest BCUT2D eigenvalue weighted by molar-refractivity contribution is -0.138. The Bertz CT molecular complexity index is 846. The summed E-state index contributed by atoms with van der Waals surface area (Å²) in [6.07, 6.45) is 0. The van der Waals surface area contributed by atoms with Crippen LogP contribution in [0, 0.1) is 13.8 Å². The Kier molecular flexibility index (Phi) is 6.88. The van der Waals surface area contributed by atoms with Gasteiger partial charge >= 0.3 is 0 Å². The van der Waals surface area contributed by atoms with Gasteiger partial charge in [-0.25, -0.2) is 0 Å². The second kappa shape index (κ2) is 9.56. The van der Waals surface area contributed by atoms with Crippen LogP contribution in [0.3, 0.4) is 0 Å². The third-order valence-corrected chi connectivity index (χ3v) is 5.35. The molecule has 1 fully saturated rings. The minimum absolute atomic E-state index is 0.0798. The van der Waals surface area contributed by atoms with Crippen LogP contribution in [-0.4, -0.2) is 61.4 Å². The Morgan fingerprint density at radius 1 is 1.00 bits per heavy atom. The first-order valence-corrected chi connectivity index (χ1v) is 9.96. The van der Waals surface area contributed by atoms with E-state index >= 15 is 0 Å². The van der Waals surface area contributed by atoms with Gasteiger partial charge in [-0.3, -0.25) is 9.59 Å². The Morgan fingerprint density at radius 2 is 1.69 bits per heavy atom. The second-order valence-electron chi connectivity index (χ2n) is 7.57. The summed E-state index contributed by atoms with van der Waals surface area (Å²) in [5.41, 5.74) is 3.05. The van der Waals surface area contributed by atoms with Crippen molar-refractivity contribution < 1.29 is 14.3 Å². The summed E-state index contributed by atoms with van der Waals surface area (Å²) in [7, 11) is 2.04. The largest absolute Gasteiger partial charge is 0.484 e. The van der Waals surface area contributed by atoms with Crippen molar-refractivity contribution in [1.82, 2.24) is 15.1 Å². The first kappa shape index (κ1) is 20.9. The van der Waals surface area contributed by atoms with E-state index in [1.54, 1.807) is 0 Å². The zero-order chi connectivity index (χ0) is 20.8. The van der Waals surface area contributed by atoms with Gasteiger partial charge in [0.1, 0.15) is 11.8 Å². The second-order valence-corrected chi connectivity index (χ2v) is 7.57. The van der Waals surface area contributed by atoms with Crippen molar-refractivity contribution in [3.05, 3.63) is 65.2 Å². The molecule has 2 amide bonds. The van der Waals surface area contributed by atoms with Crippen molar-refractivity contribution in [3.63, 3.8) is 0 Å².